The first-order chi connectivity index (χ1) is 11.7. The number of nitrogens with zero attached hydrogens (tertiary/aromatic N) is 2. The van der Waals surface area contributed by atoms with Crippen molar-refractivity contribution in [3.63, 3.8) is 0 Å². The minimum absolute atomic E-state index is 0.0940. The number of hydrogen-bond donors (Lipinski definition) is 0. The van der Waals surface area contributed by atoms with Gasteiger partial charge in [-0.3, -0.25) is 14.5 Å². The Morgan fingerprint density at radius 1 is 1.17 bits per heavy atom. The van der Waals surface area contributed by atoms with Gasteiger partial charge in [-0.1, -0.05) is 0 Å². The van der Waals surface area contributed by atoms with Crippen molar-refractivity contribution in [2.24, 2.45) is 0 Å². The molecule has 0 aliphatic carbocycles. The molecule has 0 N–H and O–H groups in total. The molecule has 0 spiro atoms. The normalized spacial score (nSPS) is 21.7. The topological polar surface area (TPSA) is 59.1 Å². The van der Waals surface area contributed by atoms with Crippen LogP contribution in [0.5, 0.6) is 5.75 Å². The number of carbonyl (C=O) groups excluding carboxylic acids is 2. The van der Waals surface area contributed by atoms with Crippen molar-refractivity contribution in [1.29, 1.82) is 0 Å². The number of hydrogen-bond acceptors (Lipinski definition) is 5. The Balaban J connectivity index is 1.47. The number of piperazine rings is 1. The lowest BCUT2D eigenvalue weighted by Gasteiger charge is -2.35. The van der Waals surface area contributed by atoms with E-state index in [1.807, 2.05) is 4.90 Å². The van der Waals surface area contributed by atoms with Crippen LogP contribution in [0.1, 0.15) is 23.2 Å². The van der Waals surface area contributed by atoms with E-state index in [0.717, 1.165) is 31.7 Å². The van der Waals surface area contributed by atoms with Crippen LogP contribution in [-0.4, -0.2) is 74.0 Å². The van der Waals surface area contributed by atoms with E-state index in [9.17, 15) is 9.59 Å². The maximum absolute atomic E-state index is 12.4. The first-order valence-corrected chi connectivity index (χ1v) is 8.47. The second-order valence-electron chi connectivity index (χ2n) is 6.25. The molecule has 24 heavy (non-hydrogen) atoms. The predicted octanol–water partition coefficient (Wildman–Crippen LogP) is 1.20. The van der Waals surface area contributed by atoms with E-state index in [0.29, 0.717) is 31.8 Å². The van der Waals surface area contributed by atoms with Gasteiger partial charge >= 0.3 is 0 Å². The van der Waals surface area contributed by atoms with Crippen molar-refractivity contribution in [2.75, 3.05) is 46.4 Å². The predicted molar refractivity (Wildman–Crippen MR) is 89.3 cm³/mol. The molecule has 6 nitrogen and oxygen atoms in total. The van der Waals surface area contributed by atoms with Crippen molar-refractivity contribution in [3.8, 4) is 5.75 Å². The minimum atomic E-state index is -0.252. The Morgan fingerprint density at radius 2 is 1.88 bits per heavy atom. The highest BCUT2D eigenvalue weighted by atomic mass is 16.5. The first kappa shape index (κ1) is 16.9. The van der Waals surface area contributed by atoms with Crippen LogP contribution < -0.4 is 4.74 Å². The number of methoxy groups -OCH3 is 1. The SMILES string of the molecule is COc1ccc(C(=O)CN2CCN(C(=O)C3CCCO3)CC2)cc1. The minimum Gasteiger partial charge on any atom is -0.497 e. The van der Waals surface area contributed by atoms with Gasteiger partial charge in [-0.05, 0) is 37.1 Å². The maximum Gasteiger partial charge on any atom is 0.251 e. The van der Waals surface area contributed by atoms with Crippen molar-refractivity contribution in [2.45, 2.75) is 18.9 Å². The van der Waals surface area contributed by atoms with Crippen LogP contribution >= 0.6 is 0 Å². The summed E-state index contributed by atoms with van der Waals surface area (Å²) in [7, 11) is 1.61. The smallest absolute Gasteiger partial charge is 0.251 e. The van der Waals surface area contributed by atoms with E-state index >= 15 is 0 Å². The molecule has 2 aliphatic heterocycles. The van der Waals surface area contributed by atoms with Crippen molar-refractivity contribution >= 4 is 11.7 Å². The van der Waals surface area contributed by atoms with E-state index in [1.165, 1.54) is 0 Å². The van der Waals surface area contributed by atoms with Gasteiger partial charge in [0.15, 0.2) is 5.78 Å². The summed E-state index contributed by atoms with van der Waals surface area (Å²) in [5, 5.41) is 0. The quantitative estimate of drug-likeness (QED) is 0.759. The number of Topliss-reactive ketones (excluding diaryl/α,β-unsaturated/α-hetero) is 1. The first-order valence-electron chi connectivity index (χ1n) is 8.47. The molecule has 2 fully saturated rings. The largest absolute Gasteiger partial charge is 0.497 e. The Bertz CT molecular complexity index is 573. The van der Waals surface area contributed by atoms with Gasteiger partial charge in [0, 0.05) is 38.3 Å². The lowest BCUT2D eigenvalue weighted by atomic mass is 10.1. The van der Waals surface area contributed by atoms with Crippen LogP contribution in [-0.2, 0) is 9.53 Å². The summed E-state index contributed by atoms with van der Waals surface area (Å²) in [6.45, 7) is 3.84. The monoisotopic (exact) mass is 332 g/mol. The zero-order valence-corrected chi connectivity index (χ0v) is 14.1. The lowest BCUT2D eigenvalue weighted by Crippen LogP contribution is -2.52. The zero-order chi connectivity index (χ0) is 16.9. The summed E-state index contributed by atoms with van der Waals surface area (Å²) in [6.07, 6.45) is 1.54. The van der Waals surface area contributed by atoms with Gasteiger partial charge in [0.05, 0.1) is 13.7 Å². The zero-order valence-electron chi connectivity index (χ0n) is 14.1. The number of ketones is 1. The van der Waals surface area contributed by atoms with Gasteiger partial charge in [-0.25, -0.2) is 0 Å². The third-order valence-corrected chi connectivity index (χ3v) is 4.67. The van der Waals surface area contributed by atoms with Crippen LogP contribution in [0, 0.1) is 0 Å². The molecule has 2 saturated heterocycles. The van der Waals surface area contributed by atoms with Crippen molar-refractivity contribution in [1.82, 2.24) is 9.80 Å². The van der Waals surface area contributed by atoms with E-state index in [4.69, 9.17) is 9.47 Å². The molecule has 2 heterocycles. The molecule has 0 radical (unpaired) electrons. The Hall–Kier alpha value is -1.92. The van der Waals surface area contributed by atoms with Crippen LogP contribution in [0.3, 0.4) is 0 Å². The van der Waals surface area contributed by atoms with Gasteiger partial charge in [-0.2, -0.15) is 0 Å². The molecule has 2 aliphatic rings. The number of benzene rings is 1. The Labute approximate surface area is 142 Å². The third-order valence-electron chi connectivity index (χ3n) is 4.67. The molecule has 1 amide bonds. The van der Waals surface area contributed by atoms with E-state index < -0.39 is 0 Å². The van der Waals surface area contributed by atoms with Crippen LogP contribution in [0.15, 0.2) is 24.3 Å². The number of carbonyl (C=O) groups is 2. The second-order valence-corrected chi connectivity index (χ2v) is 6.25. The molecule has 0 bridgehead atoms. The Kier molecular flexibility index (Phi) is 5.48. The van der Waals surface area contributed by atoms with Gasteiger partial charge in [0.25, 0.3) is 5.91 Å². The molecule has 0 saturated carbocycles. The summed E-state index contributed by atoms with van der Waals surface area (Å²) >= 11 is 0. The molecular weight excluding hydrogens is 308 g/mol. The highest BCUT2D eigenvalue weighted by molar-refractivity contribution is 5.97. The fourth-order valence-electron chi connectivity index (χ4n) is 3.17. The number of ether oxygens (including phenoxy) is 2. The van der Waals surface area contributed by atoms with Gasteiger partial charge in [-0.15, -0.1) is 0 Å². The molecule has 1 aromatic carbocycles. The summed E-state index contributed by atoms with van der Waals surface area (Å²) in [5.74, 6) is 0.943. The molecule has 0 aromatic heterocycles. The summed E-state index contributed by atoms with van der Waals surface area (Å²) in [4.78, 5) is 28.6. The van der Waals surface area contributed by atoms with E-state index in [2.05, 4.69) is 4.90 Å². The van der Waals surface area contributed by atoms with Crippen LogP contribution in [0.2, 0.25) is 0 Å². The molecule has 3 rings (SSSR count). The maximum atomic E-state index is 12.4. The average molecular weight is 332 g/mol. The molecule has 1 aromatic rings. The number of amides is 1. The van der Waals surface area contributed by atoms with Crippen molar-refractivity contribution in [3.05, 3.63) is 29.8 Å². The molecular formula is C18H24N2O4. The van der Waals surface area contributed by atoms with Gasteiger partial charge in [0.1, 0.15) is 11.9 Å². The summed E-state index contributed by atoms with van der Waals surface area (Å²) < 4.78 is 10.6. The van der Waals surface area contributed by atoms with Crippen molar-refractivity contribution < 1.29 is 19.1 Å². The Morgan fingerprint density at radius 3 is 2.46 bits per heavy atom. The lowest BCUT2D eigenvalue weighted by molar-refractivity contribution is -0.142. The van der Waals surface area contributed by atoms with E-state index in [-0.39, 0.29) is 17.8 Å². The average Bonchev–Trinajstić information content (AvgIpc) is 3.16. The molecule has 6 heteroatoms. The van der Waals surface area contributed by atoms with E-state index in [1.54, 1.807) is 31.4 Å². The second kappa shape index (κ2) is 7.77. The standard InChI is InChI=1S/C18H24N2O4/c1-23-15-6-4-14(5-7-15)16(21)13-19-8-10-20(11-9-19)18(22)17-3-2-12-24-17/h4-7,17H,2-3,8-13H2,1H3. The summed E-state index contributed by atoms with van der Waals surface area (Å²) in [5.41, 5.74) is 0.689. The van der Waals surface area contributed by atoms with Crippen LogP contribution in [0.25, 0.3) is 0 Å². The highest BCUT2D eigenvalue weighted by Crippen LogP contribution is 2.16. The van der Waals surface area contributed by atoms with Gasteiger partial charge in [0.2, 0.25) is 0 Å². The highest BCUT2D eigenvalue weighted by Gasteiger charge is 2.30. The van der Waals surface area contributed by atoms with Crippen LogP contribution in [0.4, 0.5) is 0 Å². The number of rotatable bonds is 5. The van der Waals surface area contributed by atoms with Gasteiger partial charge < -0.3 is 14.4 Å². The fraction of sp³-hybridized carbons (Fsp3) is 0.556. The third kappa shape index (κ3) is 3.94. The molecule has 130 valence electrons. The summed E-state index contributed by atoms with van der Waals surface area (Å²) in [6, 6.07) is 7.17. The fourth-order valence-corrected chi connectivity index (χ4v) is 3.17. The molecule has 1 atom stereocenters. The molecule has 1 unspecified atom stereocenters.